The molecule has 2 rings (SSSR count). The first-order chi connectivity index (χ1) is 9.76. The zero-order chi connectivity index (χ0) is 14.4. The second kappa shape index (κ2) is 6.70. The molecule has 0 radical (unpaired) electrons. The highest BCUT2D eigenvalue weighted by Gasteiger charge is 2.09. The Hall–Kier alpha value is -2.37. The number of nitrogens with one attached hydrogen (secondary N) is 1. The van der Waals surface area contributed by atoms with Gasteiger partial charge in [-0.2, -0.15) is 15.0 Å². The number of hydrogen-bond donors (Lipinski definition) is 1. The van der Waals surface area contributed by atoms with Crippen LogP contribution in [0.1, 0.15) is 13.8 Å². The summed E-state index contributed by atoms with van der Waals surface area (Å²) in [6.07, 6.45) is 0. The monoisotopic (exact) mass is 274 g/mol. The summed E-state index contributed by atoms with van der Waals surface area (Å²) >= 11 is 0. The van der Waals surface area contributed by atoms with Crippen LogP contribution in [0.25, 0.3) is 11.4 Å². The molecule has 0 saturated heterocycles. The van der Waals surface area contributed by atoms with Crippen LogP contribution in [-0.4, -0.2) is 35.2 Å². The number of rotatable bonds is 6. The number of benzene rings is 1. The number of ether oxygens (including phenoxy) is 2. The SMILES string of the molecule is CCNc1nc(OC)nc(-c2cccc(OCC)c2)n1. The Balaban J connectivity index is 2.39. The van der Waals surface area contributed by atoms with Gasteiger partial charge in [0.05, 0.1) is 13.7 Å². The summed E-state index contributed by atoms with van der Waals surface area (Å²) in [6, 6.07) is 7.91. The summed E-state index contributed by atoms with van der Waals surface area (Å²) in [5, 5.41) is 3.06. The van der Waals surface area contributed by atoms with Gasteiger partial charge in [-0.25, -0.2) is 0 Å². The summed E-state index contributed by atoms with van der Waals surface area (Å²) in [7, 11) is 1.53. The molecule has 0 aliphatic rings. The van der Waals surface area contributed by atoms with Gasteiger partial charge in [0.15, 0.2) is 5.82 Å². The maximum Gasteiger partial charge on any atom is 0.321 e. The second-order valence-electron chi connectivity index (χ2n) is 3.96. The fourth-order valence-corrected chi connectivity index (χ4v) is 1.71. The minimum Gasteiger partial charge on any atom is -0.494 e. The van der Waals surface area contributed by atoms with Crippen molar-refractivity contribution in [1.82, 2.24) is 15.0 Å². The highest BCUT2D eigenvalue weighted by atomic mass is 16.5. The summed E-state index contributed by atoms with van der Waals surface area (Å²) in [4.78, 5) is 12.8. The molecule has 0 spiro atoms. The predicted molar refractivity (Wildman–Crippen MR) is 77.1 cm³/mol. The van der Waals surface area contributed by atoms with E-state index < -0.39 is 0 Å². The first-order valence-corrected chi connectivity index (χ1v) is 6.54. The van der Waals surface area contributed by atoms with E-state index in [2.05, 4.69) is 20.3 Å². The van der Waals surface area contributed by atoms with E-state index in [1.54, 1.807) is 0 Å². The van der Waals surface area contributed by atoms with Crippen molar-refractivity contribution in [2.24, 2.45) is 0 Å². The van der Waals surface area contributed by atoms with E-state index in [9.17, 15) is 0 Å². The maximum absolute atomic E-state index is 5.48. The van der Waals surface area contributed by atoms with Crippen molar-refractivity contribution in [3.63, 3.8) is 0 Å². The van der Waals surface area contributed by atoms with Crippen LogP contribution in [0.2, 0.25) is 0 Å². The third-order valence-corrected chi connectivity index (χ3v) is 2.54. The van der Waals surface area contributed by atoms with Crippen LogP contribution < -0.4 is 14.8 Å². The van der Waals surface area contributed by atoms with Crippen molar-refractivity contribution in [2.75, 3.05) is 25.6 Å². The normalized spacial score (nSPS) is 10.2. The molecule has 0 saturated carbocycles. The first kappa shape index (κ1) is 14.0. The summed E-state index contributed by atoms with van der Waals surface area (Å²) in [5.41, 5.74) is 0.857. The van der Waals surface area contributed by atoms with Gasteiger partial charge < -0.3 is 14.8 Å². The Kier molecular flexibility index (Phi) is 4.70. The van der Waals surface area contributed by atoms with Crippen molar-refractivity contribution in [3.05, 3.63) is 24.3 Å². The van der Waals surface area contributed by atoms with Crippen LogP contribution in [0, 0.1) is 0 Å². The zero-order valence-electron chi connectivity index (χ0n) is 11.9. The van der Waals surface area contributed by atoms with Gasteiger partial charge in [0, 0.05) is 12.1 Å². The average Bonchev–Trinajstić information content (AvgIpc) is 2.48. The molecule has 6 heteroatoms. The van der Waals surface area contributed by atoms with E-state index in [0.717, 1.165) is 17.9 Å². The molecular formula is C14H18N4O2. The molecule has 1 aromatic heterocycles. The Labute approximate surface area is 118 Å². The fraction of sp³-hybridized carbons (Fsp3) is 0.357. The maximum atomic E-state index is 5.48. The number of aromatic nitrogens is 3. The van der Waals surface area contributed by atoms with Crippen molar-refractivity contribution in [1.29, 1.82) is 0 Å². The molecule has 2 aromatic rings. The quantitative estimate of drug-likeness (QED) is 0.872. The van der Waals surface area contributed by atoms with Crippen molar-refractivity contribution < 1.29 is 9.47 Å². The number of anilines is 1. The average molecular weight is 274 g/mol. The van der Waals surface area contributed by atoms with Crippen LogP contribution in [-0.2, 0) is 0 Å². The van der Waals surface area contributed by atoms with Gasteiger partial charge in [0.2, 0.25) is 5.95 Å². The van der Waals surface area contributed by atoms with Crippen molar-refractivity contribution >= 4 is 5.95 Å². The van der Waals surface area contributed by atoms with Gasteiger partial charge >= 0.3 is 6.01 Å². The van der Waals surface area contributed by atoms with Crippen LogP contribution in [0.3, 0.4) is 0 Å². The van der Waals surface area contributed by atoms with Crippen LogP contribution in [0.15, 0.2) is 24.3 Å². The van der Waals surface area contributed by atoms with E-state index in [0.29, 0.717) is 18.4 Å². The van der Waals surface area contributed by atoms with Gasteiger partial charge in [-0.05, 0) is 26.0 Å². The minimum atomic E-state index is 0.285. The molecule has 0 amide bonds. The van der Waals surface area contributed by atoms with E-state index in [-0.39, 0.29) is 6.01 Å². The van der Waals surface area contributed by atoms with E-state index in [1.807, 2.05) is 38.1 Å². The van der Waals surface area contributed by atoms with Crippen LogP contribution >= 0.6 is 0 Å². The lowest BCUT2D eigenvalue weighted by atomic mass is 10.2. The molecule has 20 heavy (non-hydrogen) atoms. The van der Waals surface area contributed by atoms with Crippen molar-refractivity contribution in [2.45, 2.75) is 13.8 Å². The molecule has 1 heterocycles. The number of methoxy groups -OCH3 is 1. The number of nitrogens with zero attached hydrogens (tertiary/aromatic N) is 3. The molecule has 0 bridgehead atoms. The fourth-order valence-electron chi connectivity index (χ4n) is 1.71. The van der Waals surface area contributed by atoms with Gasteiger partial charge in [-0.1, -0.05) is 12.1 Å². The molecule has 106 valence electrons. The molecule has 1 aromatic carbocycles. The van der Waals surface area contributed by atoms with Gasteiger partial charge in [0.1, 0.15) is 5.75 Å². The topological polar surface area (TPSA) is 69.2 Å². The summed E-state index contributed by atoms with van der Waals surface area (Å²) < 4.78 is 10.6. The van der Waals surface area contributed by atoms with E-state index in [4.69, 9.17) is 9.47 Å². The van der Waals surface area contributed by atoms with Gasteiger partial charge in [-0.3, -0.25) is 0 Å². The Bertz CT molecular complexity index is 575. The molecule has 6 nitrogen and oxygen atoms in total. The van der Waals surface area contributed by atoms with E-state index in [1.165, 1.54) is 7.11 Å². The Morgan fingerprint density at radius 2 is 2.00 bits per heavy atom. The summed E-state index contributed by atoms with van der Waals surface area (Å²) in [5.74, 6) is 1.83. The lowest BCUT2D eigenvalue weighted by Crippen LogP contribution is -2.06. The highest BCUT2D eigenvalue weighted by Crippen LogP contribution is 2.23. The zero-order valence-corrected chi connectivity index (χ0v) is 11.9. The smallest absolute Gasteiger partial charge is 0.321 e. The summed E-state index contributed by atoms with van der Waals surface area (Å²) in [6.45, 7) is 5.27. The third-order valence-electron chi connectivity index (χ3n) is 2.54. The van der Waals surface area contributed by atoms with Gasteiger partial charge in [-0.15, -0.1) is 0 Å². The largest absolute Gasteiger partial charge is 0.494 e. The Morgan fingerprint density at radius 1 is 1.15 bits per heavy atom. The second-order valence-corrected chi connectivity index (χ2v) is 3.96. The standard InChI is InChI=1S/C14H18N4O2/c1-4-15-13-16-12(17-14(18-13)19-3)10-7-6-8-11(9-10)20-5-2/h6-9H,4-5H2,1-3H3,(H,15,16,17,18). The molecule has 1 N–H and O–H groups in total. The number of hydrogen-bond acceptors (Lipinski definition) is 6. The third kappa shape index (κ3) is 3.34. The van der Waals surface area contributed by atoms with E-state index >= 15 is 0 Å². The lowest BCUT2D eigenvalue weighted by Gasteiger charge is -2.08. The molecule has 0 aliphatic carbocycles. The predicted octanol–water partition coefficient (Wildman–Crippen LogP) is 2.38. The van der Waals surface area contributed by atoms with Gasteiger partial charge in [0.25, 0.3) is 0 Å². The minimum absolute atomic E-state index is 0.285. The first-order valence-electron chi connectivity index (χ1n) is 6.54. The van der Waals surface area contributed by atoms with Crippen LogP contribution in [0.4, 0.5) is 5.95 Å². The highest BCUT2D eigenvalue weighted by molar-refractivity contribution is 5.58. The molecule has 0 unspecified atom stereocenters. The Morgan fingerprint density at radius 3 is 2.70 bits per heavy atom. The molecular weight excluding hydrogens is 256 g/mol. The van der Waals surface area contributed by atoms with Crippen molar-refractivity contribution in [3.8, 4) is 23.1 Å². The molecule has 0 fully saturated rings. The lowest BCUT2D eigenvalue weighted by molar-refractivity contribution is 0.340. The molecule has 0 aliphatic heterocycles. The van der Waals surface area contributed by atoms with Crippen LogP contribution in [0.5, 0.6) is 11.8 Å². The molecule has 0 atom stereocenters.